The van der Waals surface area contributed by atoms with E-state index in [1.165, 1.54) is 11.0 Å². The van der Waals surface area contributed by atoms with Gasteiger partial charge < -0.3 is 9.64 Å². The number of hydrogen-bond acceptors (Lipinski definition) is 3. The molecule has 24 heavy (non-hydrogen) atoms. The Morgan fingerprint density at radius 3 is 2.62 bits per heavy atom. The summed E-state index contributed by atoms with van der Waals surface area (Å²) in [5, 5.41) is 0. The molecule has 1 aromatic heterocycles. The highest BCUT2D eigenvalue weighted by atomic mass is 19.4. The number of nitrogens with zero attached hydrogens (tertiary/aromatic N) is 2. The van der Waals surface area contributed by atoms with Gasteiger partial charge in [-0.2, -0.15) is 13.2 Å². The normalized spacial score (nSPS) is 17.5. The van der Waals surface area contributed by atoms with Gasteiger partial charge in [0.15, 0.2) is 6.10 Å². The summed E-state index contributed by atoms with van der Waals surface area (Å²) in [6.45, 7) is 3.66. The number of halogens is 3. The number of hydrogen-bond donors (Lipinski definition) is 0. The van der Waals surface area contributed by atoms with Crippen LogP contribution in [0.5, 0.6) is 5.75 Å². The van der Waals surface area contributed by atoms with Crippen LogP contribution in [0.25, 0.3) is 0 Å². The van der Waals surface area contributed by atoms with Crippen molar-refractivity contribution < 1.29 is 22.7 Å². The van der Waals surface area contributed by atoms with Crippen molar-refractivity contribution in [3.63, 3.8) is 0 Å². The molecule has 3 rings (SSSR count). The van der Waals surface area contributed by atoms with Gasteiger partial charge in [-0.3, -0.25) is 9.78 Å². The zero-order valence-corrected chi connectivity index (χ0v) is 13.1. The number of carbonyl (C=O) groups is 1. The molecule has 1 amide bonds. The molecule has 0 aliphatic carbocycles. The SMILES string of the molecule is Cc1ccc2c(c1)N(Cc1ccc(C(F)(F)F)nc1)C(=O)C(C)O2. The predicted octanol–water partition coefficient (Wildman–Crippen LogP) is 3.72. The van der Waals surface area contributed by atoms with Gasteiger partial charge in [0, 0.05) is 6.20 Å². The second kappa shape index (κ2) is 5.81. The van der Waals surface area contributed by atoms with E-state index < -0.39 is 18.0 Å². The number of ether oxygens (including phenoxy) is 1. The van der Waals surface area contributed by atoms with E-state index in [-0.39, 0.29) is 12.5 Å². The molecule has 126 valence electrons. The van der Waals surface area contributed by atoms with Gasteiger partial charge in [-0.05, 0) is 43.2 Å². The van der Waals surface area contributed by atoms with Gasteiger partial charge in [-0.25, -0.2) is 0 Å². The number of carbonyl (C=O) groups excluding carboxylic acids is 1. The highest BCUT2D eigenvalue weighted by molar-refractivity contribution is 5.99. The van der Waals surface area contributed by atoms with E-state index in [4.69, 9.17) is 4.74 Å². The van der Waals surface area contributed by atoms with Crippen molar-refractivity contribution in [2.45, 2.75) is 32.7 Å². The topological polar surface area (TPSA) is 42.4 Å². The summed E-state index contributed by atoms with van der Waals surface area (Å²) < 4.78 is 43.3. The minimum absolute atomic E-state index is 0.133. The molecule has 4 nitrogen and oxygen atoms in total. The van der Waals surface area contributed by atoms with Gasteiger partial charge in [0.1, 0.15) is 11.4 Å². The molecule has 0 bridgehead atoms. The molecule has 0 fully saturated rings. The van der Waals surface area contributed by atoms with Crippen molar-refractivity contribution in [1.82, 2.24) is 4.98 Å². The molecular formula is C17H15F3N2O2. The van der Waals surface area contributed by atoms with Crippen molar-refractivity contribution >= 4 is 11.6 Å². The third-order valence-electron chi connectivity index (χ3n) is 3.78. The number of fused-ring (bicyclic) bond motifs is 1. The van der Waals surface area contributed by atoms with E-state index in [1.807, 2.05) is 19.1 Å². The number of rotatable bonds is 2. The molecule has 0 N–H and O–H groups in total. The molecule has 2 heterocycles. The average Bonchev–Trinajstić information content (AvgIpc) is 2.52. The maximum atomic E-state index is 12.6. The van der Waals surface area contributed by atoms with Crippen LogP contribution in [0.3, 0.4) is 0 Å². The number of anilines is 1. The number of aromatic nitrogens is 1. The zero-order chi connectivity index (χ0) is 17.5. The Hall–Kier alpha value is -2.57. The Morgan fingerprint density at radius 1 is 1.25 bits per heavy atom. The van der Waals surface area contributed by atoms with E-state index in [2.05, 4.69) is 4.98 Å². The lowest BCUT2D eigenvalue weighted by Gasteiger charge is -2.33. The molecule has 0 saturated heterocycles. The van der Waals surface area contributed by atoms with Gasteiger partial charge in [0.05, 0.1) is 12.2 Å². The number of pyridine rings is 1. The van der Waals surface area contributed by atoms with E-state index >= 15 is 0 Å². The van der Waals surface area contributed by atoms with Crippen molar-refractivity contribution in [1.29, 1.82) is 0 Å². The molecule has 7 heteroatoms. The Balaban J connectivity index is 1.91. The minimum Gasteiger partial charge on any atom is -0.479 e. The van der Waals surface area contributed by atoms with E-state index in [1.54, 1.807) is 13.0 Å². The number of benzene rings is 1. The molecule has 0 spiro atoms. The lowest BCUT2D eigenvalue weighted by Crippen LogP contribution is -2.44. The third kappa shape index (κ3) is 3.06. The number of amides is 1. The summed E-state index contributed by atoms with van der Waals surface area (Å²) in [7, 11) is 0. The maximum absolute atomic E-state index is 12.6. The molecule has 1 atom stereocenters. The molecule has 1 aliphatic heterocycles. The van der Waals surface area contributed by atoms with Gasteiger partial charge in [0.2, 0.25) is 0 Å². The van der Waals surface area contributed by atoms with Crippen LogP contribution >= 0.6 is 0 Å². The molecule has 0 radical (unpaired) electrons. The van der Waals surface area contributed by atoms with E-state index in [0.29, 0.717) is 17.0 Å². The Kier molecular flexibility index (Phi) is 3.95. The van der Waals surface area contributed by atoms with Crippen LogP contribution in [0.1, 0.15) is 23.7 Å². The fraction of sp³-hybridized carbons (Fsp3) is 0.294. The van der Waals surface area contributed by atoms with Crippen molar-refractivity contribution in [2.24, 2.45) is 0 Å². The number of alkyl halides is 3. The van der Waals surface area contributed by atoms with Gasteiger partial charge in [-0.15, -0.1) is 0 Å². The Morgan fingerprint density at radius 2 is 2.00 bits per heavy atom. The van der Waals surface area contributed by atoms with Crippen molar-refractivity contribution in [3.05, 3.63) is 53.3 Å². The largest absolute Gasteiger partial charge is 0.479 e. The lowest BCUT2D eigenvalue weighted by atomic mass is 10.1. The summed E-state index contributed by atoms with van der Waals surface area (Å²) in [6.07, 6.45) is -3.99. The smallest absolute Gasteiger partial charge is 0.433 e. The van der Waals surface area contributed by atoms with E-state index in [9.17, 15) is 18.0 Å². The van der Waals surface area contributed by atoms with Gasteiger partial charge in [0.25, 0.3) is 5.91 Å². The summed E-state index contributed by atoms with van der Waals surface area (Å²) in [6, 6.07) is 7.72. The van der Waals surface area contributed by atoms with Crippen LogP contribution in [0, 0.1) is 6.92 Å². The summed E-state index contributed by atoms with van der Waals surface area (Å²) in [5.74, 6) is 0.334. The lowest BCUT2D eigenvalue weighted by molar-refractivity contribution is -0.141. The second-order valence-electron chi connectivity index (χ2n) is 5.71. The molecule has 1 unspecified atom stereocenters. The highest BCUT2D eigenvalue weighted by Crippen LogP contribution is 2.36. The fourth-order valence-electron chi connectivity index (χ4n) is 2.55. The Labute approximate surface area is 136 Å². The quantitative estimate of drug-likeness (QED) is 0.839. The molecule has 2 aromatic rings. The zero-order valence-electron chi connectivity index (χ0n) is 13.1. The molecular weight excluding hydrogens is 321 g/mol. The summed E-state index contributed by atoms with van der Waals surface area (Å²) in [5.41, 5.74) is 1.12. The third-order valence-corrected chi connectivity index (χ3v) is 3.78. The Bertz CT molecular complexity index is 772. The van der Waals surface area contributed by atoms with Crippen LogP contribution in [0.2, 0.25) is 0 Å². The predicted molar refractivity (Wildman–Crippen MR) is 81.7 cm³/mol. The maximum Gasteiger partial charge on any atom is 0.433 e. The van der Waals surface area contributed by atoms with Crippen molar-refractivity contribution in [2.75, 3.05) is 4.90 Å². The number of aryl methyl sites for hydroxylation is 1. The van der Waals surface area contributed by atoms with Crippen molar-refractivity contribution in [3.8, 4) is 5.75 Å². The first-order valence-corrected chi connectivity index (χ1v) is 7.36. The first kappa shape index (κ1) is 16.3. The molecule has 0 saturated carbocycles. The van der Waals surface area contributed by atoms with Crippen LogP contribution in [0.15, 0.2) is 36.5 Å². The van der Waals surface area contributed by atoms with Crippen LogP contribution < -0.4 is 9.64 Å². The van der Waals surface area contributed by atoms with Gasteiger partial charge in [-0.1, -0.05) is 12.1 Å². The summed E-state index contributed by atoms with van der Waals surface area (Å²) >= 11 is 0. The monoisotopic (exact) mass is 336 g/mol. The minimum atomic E-state index is -4.48. The standard InChI is InChI=1S/C17H15F3N2O2/c1-10-3-5-14-13(7-10)22(16(23)11(2)24-14)9-12-4-6-15(21-8-12)17(18,19)20/h3-8,11H,9H2,1-2H3. The first-order valence-electron chi connectivity index (χ1n) is 7.36. The molecule has 1 aliphatic rings. The highest BCUT2D eigenvalue weighted by Gasteiger charge is 2.33. The average molecular weight is 336 g/mol. The first-order chi connectivity index (χ1) is 11.3. The van der Waals surface area contributed by atoms with Crippen LogP contribution in [-0.4, -0.2) is 17.0 Å². The van der Waals surface area contributed by atoms with Crippen LogP contribution in [0.4, 0.5) is 18.9 Å². The molecule has 1 aromatic carbocycles. The fourth-order valence-corrected chi connectivity index (χ4v) is 2.55. The summed E-state index contributed by atoms with van der Waals surface area (Å²) in [4.78, 5) is 17.4. The van der Waals surface area contributed by atoms with Gasteiger partial charge >= 0.3 is 6.18 Å². The van der Waals surface area contributed by atoms with E-state index in [0.717, 1.165) is 17.8 Å². The van der Waals surface area contributed by atoms with Crippen LogP contribution in [-0.2, 0) is 17.5 Å². The second-order valence-corrected chi connectivity index (χ2v) is 5.71.